The number of carbonyl (C=O) groups is 1. The van der Waals surface area contributed by atoms with E-state index in [1.54, 1.807) is 24.2 Å². The van der Waals surface area contributed by atoms with E-state index in [1.165, 1.54) is 0 Å². The van der Waals surface area contributed by atoms with Crippen LogP contribution in [0.2, 0.25) is 0 Å². The third-order valence-electron chi connectivity index (χ3n) is 4.49. The smallest absolute Gasteiger partial charge is 0.246 e. The molecular weight excluding hydrogens is 342 g/mol. The first kappa shape index (κ1) is 18.8. The maximum absolute atomic E-state index is 12.7. The average Bonchev–Trinajstić information content (AvgIpc) is 2.70. The minimum absolute atomic E-state index is 0.0598. The van der Waals surface area contributed by atoms with E-state index >= 15 is 0 Å². The van der Waals surface area contributed by atoms with Crippen molar-refractivity contribution in [1.82, 2.24) is 4.90 Å². The number of hydrogen-bond acceptors (Lipinski definition) is 4. The molecule has 0 saturated heterocycles. The quantitative estimate of drug-likeness (QED) is 0.728. The molecule has 0 radical (unpaired) electrons. The Bertz CT molecular complexity index is 844. The Morgan fingerprint density at radius 2 is 2.04 bits per heavy atom. The van der Waals surface area contributed by atoms with Gasteiger partial charge in [-0.2, -0.15) is 0 Å². The Kier molecular flexibility index (Phi) is 6.01. The molecule has 1 aliphatic heterocycles. The number of nitrogens with zero attached hydrogens (tertiary/aromatic N) is 1. The number of aryl methyl sites for hydroxylation is 1. The Morgan fingerprint density at radius 1 is 1.22 bits per heavy atom. The van der Waals surface area contributed by atoms with Gasteiger partial charge < -0.3 is 19.1 Å². The van der Waals surface area contributed by atoms with Gasteiger partial charge >= 0.3 is 0 Å². The highest BCUT2D eigenvalue weighted by Crippen LogP contribution is 2.34. The van der Waals surface area contributed by atoms with Crippen molar-refractivity contribution >= 4 is 12.0 Å². The number of amides is 1. The van der Waals surface area contributed by atoms with Crippen molar-refractivity contribution in [1.29, 1.82) is 0 Å². The molecule has 0 unspecified atom stereocenters. The Labute approximate surface area is 160 Å². The van der Waals surface area contributed by atoms with Crippen LogP contribution in [0.25, 0.3) is 6.08 Å². The van der Waals surface area contributed by atoms with Gasteiger partial charge in [-0.1, -0.05) is 23.8 Å². The van der Waals surface area contributed by atoms with Crippen molar-refractivity contribution in [2.24, 2.45) is 0 Å². The fourth-order valence-corrected chi connectivity index (χ4v) is 3.06. The number of carbonyl (C=O) groups excluding carboxylic acids is 1. The molecular formula is C22H25NO4. The summed E-state index contributed by atoms with van der Waals surface area (Å²) in [5, 5.41) is 0. The zero-order valence-electron chi connectivity index (χ0n) is 16.0. The van der Waals surface area contributed by atoms with Gasteiger partial charge in [-0.25, -0.2) is 0 Å². The van der Waals surface area contributed by atoms with Crippen molar-refractivity contribution in [3.05, 3.63) is 59.2 Å². The maximum Gasteiger partial charge on any atom is 0.246 e. The highest BCUT2D eigenvalue weighted by atomic mass is 16.6. The molecule has 0 aromatic heterocycles. The van der Waals surface area contributed by atoms with Crippen LogP contribution in [0.5, 0.6) is 17.2 Å². The predicted molar refractivity (Wildman–Crippen MR) is 105 cm³/mol. The zero-order chi connectivity index (χ0) is 19.2. The molecule has 0 spiro atoms. The molecule has 0 saturated carbocycles. The van der Waals surface area contributed by atoms with Crippen LogP contribution < -0.4 is 14.2 Å². The van der Waals surface area contributed by atoms with E-state index in [1.807, 2.05) is 50.2 Å². The summed E-state index contributed by atoms with van der Waals surface area (Å²) in [6.45, 7) is 6.12. The van der Waals surface area contributed by atoms with Crippen LogP contribution >= 0.6 is 0 Å². The van der Waals surface area contributed by atoms with Gasteiger partial charge in [-0.15, -0.1) is 0 Å². The normalized spacial score (nSPS) is 12.9. The Hall–Kier alpha value is -2.95. The minimum Gasteiger partial charge on any atom is -0.496 e. The SMILES string of the molecule is CCN(Cc1cccc2c1OCCO2)C(=O)/C=C/c1cc(C)ccc1OC. The van der Waals surface area contributed by atoms with Crippen LogP contribution in [0.15, 0.2) is 42.5 Å². The van der Waals surface area contributed by atoms with E-state index < -0.39 is 0 Å². The predicted octanol–water partition coefficient (Wildman–Crippen LogP) is 3.84. The van der Waals surface area contributed by atoms with Crippen molar-refractivity contribution in [3.8, 4) is 17.2 Å². The summed E-state index contributed by atoms with van der Waals surface area (Å²) < 4.78 is 16.8. The van der Waals surface area contributed by atoms with Crippen LogP contribution in [0.4, 0.5) is 0 Å². The second-order valence-electron chi connectivity index (χ2n) is 6.37. The van der Waals surface area contributed by atoms with Crippen molar-refractivity contribution < 1.29 is 19.0 Å². The number of benzene rings is 2. The van der Waals surface area contributed by atoms with E-state index in [0.717, 1.165) is 33.9 Å². The van der Waals surface area contributed by atoms with Crippen molar-refractivity contribution in [3.63, 3.8) is 0 Å². The lowest BCUT2D eigenvalue weighted by Gasteiger charge is -2.24. The van der Waals surface area contributed by atoms with Gasteiger partial charge in [0.2, 0.25) is 5.91 Å². The first-order valence-electron chi connectivity index (χ1n) is 9.11. The fourth-order valence-electron chi connectivity index (χ4n) is 3.06. The Balaban J connectivity index is 1.76. The number of fused-ring (bicyclic) bond motifs is 1. The van der Waals surface area contributed by atoms with Gasteiger partial charge in [0.1, 0.15) is 19.0 Å². The molecule has 0 N–H and O–H groups in total. The van der Waals surface area contributed by atoms with Gasteiger partial charge in [-0.3, -0.25) is 4.79 Å². The molecule has 1 amide bonds. The molecule has 142 valence electrons. The van der Waals surface area contributed by atoms with Gasteiger partial charge in [0, 0.05) is 30.3 Å². The highest BCUT2D eigenvalue weighted by molar-refractivity contribution is 5.92. The summed E-state index contributed by atoms with van der Waals surface area (Å²) in [5.41, 5.74) is 2.95. The molecule has 5 heteroatoms. The molecule has 1 heterocycles. The highest BCUT2D eigenvalue weighted by Gasteiger charge is 2.18. The maximum atomic E-state index is 12.7. The number of likely N-dealkylation sites (N-methyl/N-ethyl adjacent to an activating group) is 1. The summed E-state index contributed by atoms with van der Waals surface area (Å²) >= 11 is 0. The van der Waals surface area contributed by atoms with E-state index in [9.17, 15) is 4.79 Å². The van der Waals surface area contributed by atoms with Gasteiger partial charge in [-0.05, 0) is 38.1 Å². The average molecular weight is 367 g/mol. The molecule has 5 nitrogen and oxygen atoms in total. The van der Waals surface area contributed by atoms with Crippen LogP contribution in [0, 0.1) is 6.92 Å². The molecule has 0 atom stereocenters. The topological polar surface area (TPSA) is 48.0 Å². The van der Waals surface area contributed by atoms with Gasteiger partial charge in [0.25, 0.3) is 0 Å². The molecule has 1 aliphatic rings. The summed E-state index contributed by atoms with van der Waals surface area (Å²) in [6, 6.07) is 11.7. The molecule has 2 aromatic carbocycles. The summed E-state index contributed by atoms with van der Waals surface area (Å²) in [6.07, 6.45) is 3.39. The van der Waals surface area contributed by atoms with Crippen LogP contribution in [0.1, 0.15) is 23.6 Å². The number of methoxy groups -OCH3 is 1. The fraction of sp³-hybridized carbons (Fsp3) is 0.318. The molecule has 2 aromatic rings. The molecule has 0 fully saturated rings. The van der Waals surface area contributed by atoms with E-state index in [4.69, 9.17) is 14.2 Å². The first-order valence-corrected chi connectivity index (χ1v) is 9.11. The number of ether oxygens (including phenoxy) is 3. The Morgan fingerprint density at radius 3 is 2.81 bits per heavy atom. The van der Waals surface area contributed by atoms with Gasteiger partial charge in [0.15, 0.2) is 11.5 Å². The van der Waals surface area contributed by atoms with Crippen LogP contribution in [-0.2, 0) is 11.3 Å². The van der Waals surface area contributed by atoms with Crippen LogP contribution in [0.3, 0.4) is 0 Å². The number of hydrogen-bond donors (Lipinski definition) is 0. The van der Waals surface area contributed by atoms with E-state index in [-0.39, 0.29) is 5.91 Å². The van der Waals surface area contributed by atoms with Crippen LogP contribution in [-0.4, -0.2) is 37.7 Å². The number of rotatable bonds is 6. The van der Waals surface area contributed by atoms with Crippen molar-refractivity contribution in [2.45, 2.75) is 20.4 Å². The lowest BCUT2D eigenvalue weighted by molar-refractivity contribution is -0.126. The molecule has 0 aliphatic carbocycles. The second kappa shape index (κ2) is 8.62. The van der Waals surface area contributed by atoms with E-state index in [2.05, 4.69) is 0 Å². The molecule has 0 bridgehead atoms. The van der Waals surface area contributed by atoms with Gasteiger partial charge in [0.05, 0.1) is 7.11 Å². The van der Waals surface area contributed by atoms with E-state index in [0.29, 0.717) is 26.3 Å². The van der Waals surface area contributed by atoms with Crippen molar-refractivity contribution in [2.75, 3.05) is 26.9 Å². The summed E-state index contributed by atoms with van der Waals surface area (Å²) in [7, 11) is 1.63. The lowest BCUT2D eigenvalue weighted by atomic mass is 10.1. The third kappa shape index (κ3) is 4.42. The standard InChI is InChI=1S/C22H25NO4/c1-4-23(15-18-6-5-7-20-22(18)27-13-12-26-20)21(24)11-9-17-14-16(2)8-10-19(17)25-3/h5-11,14H,4,12-13,15H2,1-3H3/b11-9+. The third-order valence-corrected chi connectivity index (χ3v) is 4.49. The summed E-state index contributed by atoms with van der Waals surface area (Å²) in [4.78, 5) is 14.5. The molecule has 3 rings (SSSR count). The first-order chi connectivity index (χ1) is 13.1. The number of para-hydroxylation sites is 1. The monoisotopic (exact) mass is 367 g/mol. The second-order valence-corrected chi connectivity index (χ2v) is 6.37. The lowest BCUT2D eigenvalue weighted by Crippen LogP contribution is -2.29. The zero-order valence-corrected chi connectivity index (χ0v) is 16.0. The molecule has 27 heavy (non-hydrogen) atoms. The summed E-state index contributed by atoms with van der Waals surface area (Å²) in [5.74, 6) is 2.16. The largest absolute Gasteiger partial charge is 0.496 e. The minimum atomic E-state index is -0.0598.